The van der Waals surface area contributed by atoms with Crippen molar-refractivity contribution < 1.29 is 19.1 Å². The molecule has 1 aromatic rings. The highest BCUT2D eigenvalue weighted by Crippen LogP contribution is 2.52. The maximum atomic E-state index is 12.6. The van der Waals surface area contributed by atoms with Gasteiger partial charge in [-0.3, -0.25) is 10.1 Å². The first-order valence-corrected chi connectivity index (χ1v) is 7.73. The lowest BCUT2D eigenvalue weighted by Crippen LogP contribution is -2.77. The summed E-state index contributed by atoms with van der Waals surface area (Å²) in [5, 5.41) is 5.53. The Morgan fingerprint density at radius 1 is 1.48 bits per heavy atom. The topological polar surface area (TPSA) is 76.7 Å². The van der Waals surface area contributed by atoms with Crippen molar-refractivity contribution >= 4 is 34.6 Å². The van der Waals surface area contributed by atoms with E-state index in [2.05, 4.69) is 10.6 Å². The number of rotatable bonds is 2. The lowest BCUT2D eigenvalue weighted by molar-refractivity contribution is -0.156. The summed E-state index contributed by atoms with van der Waals surface area (Å²) in [7, 11) is 0. The molecule has 0 unspecified atom stereocenters. The van der Waals surface area contributed by atoms with E-state index in [1.54, 1.807) is 13.8 Å². The summed E-state index contributed by atoms with van der Waals surface area (Å²) < 4.78 is 10.1. The van der Waals surface area contributed by atoms with Crippen LogP contribution >= 0.6 is 22.6 Å². The van der Waals surface area contributed by atoms with Crippen LogP contribution in [0.2, 0.25) is 0 Å². The summed E-state index contributed by atoms with van der Waals surface area (Å²) >= 11 is 2.03. The second-order valence-electron chi connectivity index (χ2n) is 5.14. The minimum Gasteiger partial charge on any atom is -0.466 e. The molecule has 0 aromatic heterocycles. The zero-order valence-corrected chi connectivity index (χ0v) is 13.8. The Hall–Kier alpha value is -1.51. The molecule has 0 radical (unpaired) electrons. The van der Waals surface area contributed by atoms with Gasteiger partial charge in [-0.25, -0.2) is 4.79 Å². The van der Waals surface area contributed by atoms with Crippen molar-refractivity contribution in [1.29, 1.82) is 0 Å². The quantitative estimate of drug-likeness (QED) is 0.450. The number of urea groups is 1. The Balaban J connectivity index is 2.17. The zero-order chi connectivity index (χ0) is 15.3. The number of amides is 2. The summed E-state index contributed by atoms with van der Waals surface area (Å²) in [5.41, 5.74) is -0.409. The van der Waals surface area contributed by atoms with E-state index in [1.165, 1.54) is 0 Å². The van der Waals surface area contributed by atoms with Gasteiger partial charge < -0.3 is 14.8 Å². The van der Waals surface area contributed by atoms with Gasteiger partial charge in [-0.1, -0.05) is 40.8 Å². The molecule has 2 bridgehead atoms. The third-order valence-electron chi connectivity index (χ3n) is 3.84. The fourth-order valence-electron chi connectivity index (χ4n) is 2.82. The van der Waals surface area contributed by atoms with Crippen LogP contribution in [0.15, 0.2) is 24.3 Å². The summed E-state index contributed by atoms with van der Waals surface area (Å²) in [6.07, 6.45) is 0. The number of ether oxygens (including phenoxy) is 2. The van der Waals surface area contributed by atoms with Crippen LogP contribution in [-0.2, 0) is 9.53 Å². The minimum absolute atomic E-state index is 0.266. The van der Waals surface area contributed by atoms with Crippen LogP contribution in [0.5, 0.6) is 5.75 Å². The number of alkyl halides is 1. The van der Waals surface area contributed by atoms with Gasteiger partial charge in [0, 0.05) is 5.56 Å². The number of para-hydroxylation sites is 1. The second kappa shape index (κ2) is 4.75. The van der Waals surface area contributed by atoms with Crippen molar-refractivity contribution in [3.05, 3.63) is 29.8 Å². The van der Waals surface area contributed by atoms with Crippen LogP contribution in [0.1, 0.15) is 25.5 Å². The Morgan fingerprint density at radius 3 is 2.90 bits per heavy atom. The number of hydrogen-bond donors (Lipinski definition) is 2. The fraction of sp³-hybridized carbons (Fsp3) is 0.429. The number of esters is 1. The average molecular weight is 402 g/mol. The molecule has 2 amide bonds. The van der Waals surface area contributed by atoms with Gasteiger partial charge in [-0.15, -0.1) is 0 Å². The second-order valence-corrected chi connectivity index (χ2v) is 6.84. The highest BCUT2D eigenvalue weighted by atomic mass is 127. The molecule has 2 aliphatic rings. The van der Waals surface area contributed by atoms with Crippen molar-refractivity contribution in [3.63, 3.8) is 0 Å². The molecule has 7 heteroatoms. The number of nitrogens with one attached hydrogen (secondary N) is 2. The molecule has 0 aliphatic carbocycles. The Labute approximate surface area is 135 Å². The van der Waals surface area contributed by atoms with Gasteiger partial charge in [0.1, 0.15) is 5.75 Å². The SMILES string of the molecule is CCOC(=O)[C@]1(I)[C@H]2NC(=O)N[C@]1(C)Oc1ccccc12. The highest BCUT2D eigenvalue weighted by Gasteiger charge is 2.67. The number of benzene rings is 1. The van der Waals surface area contributed by atoms with Crippen LogP contribution in [0.3, 0.4) is 0 Å². The van der Waals surface area contributed by atoms with Crippen LogP contribution in [-0.4, -0.2) is 27.8 Å². The van der Waals surface area contributed by atoms with Gasteiger partial charge in [0.15, 0.2) is 0 Å². The van der Waals surface area contributed by atoms with Gasteiger partial charge in [0.2, 0.25) is 9.15 Å². The van der Waals surface area contributed by atoms with E-state index in [-0.39, 0.29) is 12.6 Å². The molecule has 2 heterocycles. The smallest absolute Gasteiger partial charge is 0.330 e. The molecule has 3 atom stereocenters. The van der Waals surface area contributed by atoms with Crippen molar-refractivity contribution in [1.82, 2.24) is 10.6 Å². The molecule has 2 N–H and O–H groups in total. The molecule has 21 heavy (non-hydrogen) atoms. The molecule has 0 spiro atoms. The summed E-state index contributed by atoms with van der Waals surface area (Å²) in [6.45, 7) is 3.71. The molecule has 1 aromatic carbocycles. The maximum Gasteiger partial charge on any atom is 0.330 e. The first-order valence-electron chi connectivity index (χ1n) is 6.65. The number of hydrogen-bond acceptors (Lipinski definition) is 4. The minimum atomic E-state index is -1.18. The van der Waals surface area contributed by atoms with E-state index < -0.39 is 21.2 Å². The van der Waals surface area contributed by atoms with E-state index in [0.29, 0.717) is 5.75 Å². The van der Waals surface area contributed by atoms with E-state index in [0.717, 1.165) is 5.56 Å². The van der Waals surface area contributed by atoms with E-state index in [1.807, 2.05) is 46.9 Å². The molecule has 0 saturated carbocycles. The number of carbonyl (C=O) groups excluding carboxylic acids is 2. The van der Waals surface area contributed by atoms with E-state index in [4.69, 9.17) is 9.47 Å². The van der Waals surface area contributed by atoms with Gasteiger partial charge >= 0.3 is 12.0 Å². The van der Waals surface area contributed by atoms with Crippen LogP contribution in [0.4, 0.5) is 4.79 Å². The molecule has 3 rings (SSSR count). The Bertz CT molecular complexity index is 623. The lowest BCUT2D eigenvalue weighted by atomic mass is 9.80. The van der Waals surface area contributed by atoms with Crippen molar-refractivity contribution in [2.24, 2.45) is 0 Å². The zero-order valence-electron chi connectivity index (χ0n) is 11.6. The molecule has 1 fully saturated rings. The normalized spacial score (nSPS) is 33.1. The summed E-state index contributed by atoms with van der Waals surface area (Å²) in [6, 6.07) is 6.49. The fourth-order valence-corrected chi connectivity index (χ4v) is 3.71. The van der Waals surface area contributed by atoms with Gasteiger partial charge in [0.05, 0.1) is 12.6 Å². The highest BCUT2D eigenvalue weighted by molar-refractivity contribution is 14.1. The molecule has 112 valence electrons. The monoisotopic (exact) mass is 402 g/mol. The third kappa shape index (κ3) is 1.90. The van der Waals surface area contributed by atoms with Crippen LogP contribution < -0.4 is 15.4 Å². The first kappa shape index (κ1) is 14.4. The first-order chi connectivity index (χ1) is 9.92. The van der Waals surface area contributed by atoms with Crippen molar-refractivity contribution in [3.8, 4) is 5.75 Å². The molecule has 6 nitrogen and oxygen atoms in total. The predicted molar refractivity (Wildman–Crippen MR) is 83.3 cm³/mol. The maximum absolute atomic E-state index is 12.6. The standard InChI is InChI=1S/C14H15IN2O4/c1-3-20-11(18)14(15)10-8-6-4-5-7-9(8)21-13(14,2)17-12(19)16-10/h4-7,10H,3H2,1-2H3,(H2,16,17,19)/t10-,13+,14+/m0/s1. The van der Waals surface area contributed by atoms with Crippen LogP contribution in [0.25, 0.3) is 0 Å². The average Bonchev–Trinajstić information content (AvgIpc) is 2.42. The number of fused-ring (bicyclic) bond motifs is 4. The molecular formula is C14H15IN2O4. The third-order valence-corrected chi connectivity index (χ3v) is 5.93. The molecule has 1 saturated heterocycles. The summed E-state index contributed by atoms with van der Waals surface area (Å²) in [5.74, 6) is 0.231. The van der Waals surface area contributed by atoms with Gasteiger partial charge in [-0.05, 0) is 19.9 Å². The largest absolute Gasteiger partial charge is 0.466 e. The number of carbonyl (C=O) groups is 2. The summed E-state index contributed by atoms with van der Waals surface area (Å²) in [4.78, 5) is 24.5. The Morgan fingerprint density at radius 2 is 2.19 bits per heavy atom. The van der Waals surface area contributed by atoms with E-state index in [9.17, 15) is 9.59 Å². The van der Waals surface area contributed by atoms with Gasteiger partial charge in [-0.2, -0.15) is 0 Å². The predicted octanol–water partition coefficient (Wildman–Crippen LogP) is 1.89. The van der Waals surface area contributed by atoms with E-state index >= 15 is 0 Å². The van der Waals surface area contributed by atoms with Crippen molar-refractivity contribution in [2.75, 3.05) is 6.61 Å². The van der Waals surface area contributed by atoms with Crippen LogP contribution in [0, 0.1) is 0 Å². The molecule has 2 aliphatic heterocycles. The Kier molecular flexibility index (Phi) is 3.27. The lowest BCUT2D eigenvalue weighted by Gasteiger charge is -2.53. The van der Waals surface area contributed by atoms with Crippen molar-refractivity contribution in [2.45, 2.75) is 29.0 Å². The van der Waals surface area contributed by atoms with Gasteiger partial charge in [0.25, 0.3) is 0 Å². The molecular weight excluding hydrogens is 387 g/mol. The number of halogens is 1.